The lowest BCUT2D eigenvalue weighted by atomic mass is 10.0. The van der Waals surface area contributed by atoms with Gasteiger partial charge in [0.25, 0.3) is 5.91 Å². The standard InChI is InChI=1S/C17H18N4O/c1-11(2)12-4-7-14(8-5-12)18-17(22)13-6-9-16-15(10-13)19-20-21(16)3/h4-11H,1-3H3,(H,18,22). The number of anilines is 1. The van der Waals surface area contributed by atoms with Gasteiger partial charge in [0.05, 0.1) is 5.52 Å². The molecule has 0 atom stereocenters. The third kappa shape index (κ3) is 2.70. The molecule has 0 bridgehead atoms. The van der Waals surface area contributed by atoms with E-state index in [-0.39, 0.29) is 5.91 Å². The average molecular weight is 294 g/mol. The summed E-state index contributed by atoms with van der Waals surface area (Å²) in [4.78, 5) is 12.3. The molecule has 1 amide bonds. The first-order chi connectivity index (χ1) is 10.5. The second-order valence-corrected chi connectivity index (χ2v) is 5.65. The Morgan fingerprint density at radius 3 is 2.55 bits per heavy atom. The van der Waals surface area contributed by atoms with Gasteiger partial charge in [0, 0.05) is 18.3 Å². The summed E-state index contributed by atoms with van der Waals surface area (Å²) in [6.45, 7) is 4.29. The zero-order valence-corrected chi connectivity index (χ0v) is 12.9. The van der Waals surface area contributed by atoms with Gasteiger partial charge in [-0.25, -0.2) is 4.68 Å². The number of carbonyl (C=O) groups is 1. The third-order valence-corrected chi connectivity index (χ3v) is 3.71. The summed E-state index contributed by atoms with van der Waals surface area (Å²) in [6.07, 6.45) is 0. The number of rotatable bonds is 3. The Morgan fingerprint density at radius 1 is 1.14 bits per heavy atom. The van der Waals surface area contributed by atoms with E-state index in [1.165, 1.54) is 5.56 Å². The van der Waals surface area contributed by atoms with Crippen molar-refractivity contribution in [1.82, 2.24) is 15.0 Å². The minimum Gasteiger partial charge on any atom is -0.322 e. The predicted octanol–water partition coefficient (Wildman–Crippen LogP) is 3.34. The Hall–Kier alpha value is -2.69. The molecule has 0 fully saturated rings. The Labute approximate surface area is 129 Å². The summed E-state index contributed by atoms with van der Waals surface area (Å²) < 4.78 is 1.68. The van der Waals surface area contributed by atoms with Crippen LogP contribution in [0.5, 0.6) is 0 Å². The van der Waals surface area contributed by atoms with Crippen LogP contribution in [0.3, 0.4) is 0 Å². The highest BCUT2D eigenvalue weighted by atomic mass is 16.1. The molecule has 22 heavy (non-hydrogen) atoms. The summed E-state index contributed by atoms with van der Waals surface area (Å²) in [5.41, 5.74) is 4.22. The molecule has 0 unspecified atom stereocenters. The zero-order valence-electron chi connectivity index (χ0n) is 12.9. The maximum absolute atomic E-state index is 12.3. The van der Waals surface area contributed by atoms with Crippen LogP contribution in [0.4, 0.5) is 5.69 Å². The van der Waals surface area contributed by atoms with Crippen molar-refractivity contribution in [3.63, 3.8) is 0 Å². The Kier molecular flexibility index (Phi) is 3.63. The molecule has 0 spiro atoms. The van der Waals surface area contributed by atoms with E-state index in [4.69, 9.17) is 0 Å². The average Bonchev–Trinajstić information content (AvgIpc) is 2.88. The number of fused-ring (bicyclic) bond motifs is 1. The van der Waals surface area contributed by atoms with Crippen molar-refractivity contribution < 1.29 is 4.79 Å². The normalized spacial score (nSPS) is 11.1. The maximum Gasteiger partial charge on any atom is 0.255 e. The molecule has 0 saturated carbocycles. The minimum atomic E-state index is -0.148. The molecule has 5 nitrogen and oxygen atoms in total. The first-order valence-electron chi connectivity index (χ1n) is 7.25. The van der Waals surface area contributed by atoms with Crippen LogP contribution in [0.15, 0.2) is 42.5 Å². The molecule has 0 aliphatic carbocycles. The molecule has 0 aliphatic heterocycles. The van der Waals surface area contributed by atoms with Crippen molar-refractivity contribution in [2.24, 2.45) is 7.05 Å². The summed E-state index contributed by atoms with van der Waals surface area (Å²) >= 11 is 0. The van der Waals surface area contributed by atoms with Gasteiger partial charge >= 0.3 is 0 Å². The lowest BCUT2D eigenvalue weighted by Gasteiger charge is -2.08. The van der Waals surface area contributed by atoms with Crippen molar-refractivity contribution in [3.8, 4) is 0 Å². The second-order valence-electron chi connectivity index (χ2n) is 5.65. The molecule has 2 aromatic carbocycles. The number of carbonyl (C=O) groups excluding carboxylic acids is 1. The summed E-state index contributed by atoms with van der Waals surface area (Å²) in [6, 6.07) is 13.3. The highest BCUT2D eigenvalue weighted by Crippen LogP contribution is 2.18. The highest BCUT2D eigenvalue weighted by molar-refractivity contribution is 6.05. The lowest BCUT2D eigenvalue weighted by Crippen LogP contribution is -2.11. The van der Waals surface area contributed by atoms with Gasteiger partial charge in [-0.15, -0.1) is 5.10 Å². The second kappa shape index (κ2) is 5.60. The van der Waals surface area contributed by atoms with Crippen LogP contribution in [0.2, 0.25) is 0 Å². The molecular formula is C17H18N4O. The zero-order chi connectivity index (χ0) is 15.7. The van der Waals surface area contributed by atoms with Gasteiger partial charge in [-0.3, -0.25) is 4.79 Å². The summed E-state index contributed by atoms with van der Waals surface area (Å²) in [5, 5.41) is 10.9. The van der Waals surface area contributed by atoms with Crippen LogP contribution in [-0.2, 0) is 7.05 Å². The van der Waals surface area contributed by atoms with Crippen molar-refractivity contribution in [3.05, 3.63) is 53.6 Å². The largest absolute Gasteiger partial charge is 0.322 e. The van der Waals surface area contributed by atoms with Crippen LogP contribution in [0, 0.1) is 0 Å². The third-order valence-electron chi connectivity index (χ3n) is 3.71. The first-order valence-corrected chi connectivity index (χ1v) is 7.25. The molecule has 0 radical (unpaired) electrons. The smallest absolute Gasteiger partial charge is 0.255 e. The number of nitrogens with zero attached hydrogens (tertiary/aromatic N) is 3. The van der Waals surface area contributed by atoms with Crippen molar-refractivity contribution >= 4 is 22.6 Å². The highest BCUT2D eigenvalue weighted by Gasteiger charge is 2.09. The number of hydrogen-bond acceptors (Lipinski definition) is 3. The molecule has 3 aromatic rings. The number of benzene rings is 2. The Morgan fingerprint density at radius 2 is 1.86 bits per heavy atom. The van der Waals surface area contributed by atoms with Crippen molar-refractivity contribution in [2.75, 3.05) is 5.32 Å². The fourth-order valence-electron chi connectivity index (χ4n) is 2.34. The van der Waals surface area contributed by atoms with Crippen LogP contribution in [-0.4, -0.2) is 20.9 Å². The molecule has 1 heterocycles. The van der Waals surface area contributed by atoms with E-state index in [2.05, 4.69) is 29.5 Å². The van der Waals surface area contributed by atoms with E-state index in [1.807, 2.05) is 37.4 Å². The van der Waals surface area contributed by atoms with E-state index >= 15 is 0 Å². The van der Waals surface area contributed by atoms with E-state index in [9.17, 15) is 4.79 Å². The van der Waals surface area contributed by atoms with Gasteiger partial charge in [-0.1, -0.05) is 31.2 Å². The topological polar surface area (TPSA) is 59.8 Å². The van der Waals surface area contributed by atoms with Gasteiger partial charge in [-0.05, 0) is 41.8 Å². The van der Waals surface area contributed by atoms with Crippen LogP contribution in [0.25, 0.3) is 11.0 Å². The number of amides is 1. The molecule has 3 rings (SSSR count). The molecule has 0 aliphatic rings. The molecule has 1 aromatic heterocycles. The van der Waals surface area contributed by atoms with Gasteiger partial charge in [0.2, 0.25) is 0 Å². The van der Waals surface area contributed by atoms with Gasteiger partial charge in [-0.2, -0.15) is 0 Å². The number of hydrogen-bond donors (Lipinski definition) is 1. The number of aromatic nitrogens is 3. The quantitative estimate of drug-likeness (QED) is 0.806. The summed E-state index contributed by atoms with van der Waals surface area (Å²) in [7, 11) is 1.82. The fraction of sp³-hybridized carbons (Fsp3) is 0.235. The fourth-order valence-corrected chi connectivity index (χ4v) is 2.34. The molecular weight excluding hydrogens is 276 g/mol. The lowest BCUT2D eigenvalue weighted by molar-refractivity contribution is 0.102. The van der Waals surface area contributed by atoms with Crippen LogP contribution >= 0.6 is 0 Å². The molecule has 112 valence electrons. The van der Waals surface area contributed by atoms with E-state index in [0.717, 1.165) is 11.2 Å². The molecule has 1 N–H and O–H groups in total. The monoisotopic (exact) mass is 294 g/mol. The van der Waals surface area contributed by atoms with E-state index in [0.29, 0.717) is 17.0 Å². The van der Waals surface area contributed by atoms with Crippen molar-refractivity contribution in [2.45, 2.75) is 19.8 Å². The Balaban J connectivity index is 1.80. The summed E-state index contributed by atoms with van der Waals surface area (Å²) in [5.74, 6) is 0.327. The van der Waals surface area contributed by atoms with Crippen LogP contribution in [0.1, 0.15) is 35.7 Å². The minimum absolute atomic E-state index is 0.148. The SMILES string of the molecule is CC(C)c1ccc(NC(=O)c2ccc3c(c2)nnn3C)cc1. The number of nitrogens with one attached hydrogen (secondary N) is 1. The Bertz CT molecular complexity index is 818. The predicted molar refractivity (Wildman–Crippen MR) is 87.0 cm³/mol. The van der Waals surface area contributed by atoms with Crippen molar-refractivity contribution in [1.29, 1.82) is 0 Å². The molecule has 0 saturated heterocycles. The van der Waals surface area contributed by atoms with E-state index in [1.54, 1.807) is 16.8 Å². The van der Waals surface area contributed by atoms with Gasteiger partial charge in [0.15, 0.2) is 0 Å². The maximum atomic E-state index is 12.3. The number of aryl methyl sites for hydroxylation is 1. The first kappa shape index (κ1) is 14.3. The van der Waals surface area contributed by atoms with Crippen LogP contribution < -0.4 is 5.32 Å². The molecule has 5 heteroatoms. The van der Waals surface area contributed by atoms with Gasteiger partial charge in [0.1, 0.15) is 5.52 Å². The van der Waals surface area contributed by atoms with E-state index < -0.39 is 0 Å². The van der Waals surface area contributed by atoms with Gasteiger partial charge < -0.3 is 5.32 Å².